The molecular weight excluding hydrogens is 612 g/mol. The van der Waals surface area contributed by atoms with Gasteiger partial charge in [-0.2, -0.15) is 0 Å². The van der Waals surface area contributed by atoms with Gasteiger partial charge in [0, 0.05) is 19.3 Å². The van der Waals surface area contributed by atoms with Crippen LogP contribution in [0.3, 0.4) is 0 Å². The third-order valence-electron chi connectivity index (χ3n) is 9.27. The van der Waals surface area contributed by atoms with Crippen LogP contribution in [0.5, 0.6) is 0 Å². The molecule has 0 aliphatic heterocycles. The molecule has 0 amide bonds. The SMILES string of the molecule is CCCCCCCC/C=C\CCCCCCCCCC(=O)OCC(COC(=O)CCCCCCCC)OC(=O)CCCCCCCCCC. The summed E-state index contributed by atoms with van der Waals surface area (Å²) < 4.78 is 16.5. The van der Waals surface area contributed by atoms with Crippen molar-refractivity contribution in [3.8, 4) is 0 Å². The van der Waals surface area contributed by atoms with E-state index < -0.39 is 6.10 Å². The molecule has 6 heteroatoms. The van der Waals surface area contributed by atoms with Crippen LogP contribution in [0.1, 0.15) is 226 Å². The van der Waals surface area contributed by atoms with Crippen LogP contribution >= 0.6 is 0 Å². The van der Waals surface area contributed by atoms with E-state index in [1.807, 2.05) is 0 Å². The summed E-state index contributed by atoms with van der Waals surface area (Å²) in [5.41, 5.74) is 0. The molecule has 0 aromatic rings. The molecule has 1 atom stereocenters. The molecule has 0 aromatic heterocycles. The van der Waals surface area contributed by atoms with Gasteiger partial charge in [0.15, 0.2) is 6.10 Å². The highest BCUT2D eigenvalue weighted by molar-refractivity contribution is 5.71. The number of hydrogen-bond acceptors (Lipinski definition) is 6. The number of carbonyl (C=O) groups is 3. The summed E-state index contributed by atoms with van der Waals surface area (Å²) in [4.78, 5) is 37.3. The van der Waals surface area contributed by atoms with Crippen LogP contribution in [0.15, 0.2) is 12.2 Å². The lowest BCUT2D eigenvalue weighted by molar-refractivity contribution is -0.167. The van der Waals surface area contributed by atoms with Gasteiger partial charge in [-0.3, -0.25) is 14.4 Å². The number of carbonyl (C=O) groups excluding carboxylic acids is 3. The second-order valence-corrected chi connectivity index (χ2v) is 14.3. The summed E-state index contributed by atoms with van der Waals surface area (Å²) in [6.07, 6.45) is 39.3. The van der Waals surface area contributed by atoms with Crippen LogP contribution < -0.4 is 0 Å². The van der Waals surface area contributed by atoms with Crippen LogP contribution in [-0.2, 0) is 28.6 Å². The Kier molecular flexibility index (Phi) is 37.5. The van der Waals surface area contributed by atoms with Gasteiger partial charge in [0.25, 0.3) is 0 Å². The van der Waals surface area contributed by atoms with Crippen molar-refractivity contribution in [1.82, 2.24) is 0 Å². The predicted octanol–water partition coefficient (Wildman–Crippen LogP) is 13.1. The second-order valence-electron chi connectivity index (χ2n) is 14.3. The minimum atomic E-state index is -0.760. The number of hydrogen-bond donors (Lipinski definition) is 0. The molecule has 0 rings (SSSR count). The molecule has 0 aliphatic rings. The molecule has 1 unspecified atom stereocenters. The maximum absolute atomic E-state index is 12.6. The smallest absolute Gasteiger partial charge is 0.306 e. The molecule has 0 aliphatic carbocycles. The van der Waals surface area contributed by atoms with Gasteiger partial charge in [-0.15, -0.1) is 0 Å². The largest absolute Gasteiger partial charge is 0.462 e. The highest BCUT2D eigenvalue weighted by atomic mass is 16.6. The fourth-order valence-corrected chi connectivity index (χ4v) is 6.02. The lowest BCUT2D eigenvalue weighted by Crippen LogP contribution is -2.30. The predicted molar refractivity (Wildman–Crippen MR) is 206 cm³/mol. The summed E-state index contributed by atoms with van der Waals surface area (Å²) in [6, 6.07) is 0. The average Bonchev–Trinajstić information content (AvgIpc) is 3.10. The fourth-order valence-electron chi connectivity index (χ4n) is 6.02. The lowest BCUT2D eigenvalue weighted by Gasteiger charge is -2.18. The third-order valence-corrected chi connectivity index (χ3v) is 9.27. The van der Waals surface area contributed by atoms with Crippen molar-refractivity contribution in [1.29, 1.82) is 0 Å². The van der Waals surface area contributed by atoms with Crippen molar-refractivity contribution in [2.24, 2.45) is 0 Å². The topological polar surface area (TPSA) is 78.9 Å². The van der Waals surface area contributed by atoms with E-state index in [1.54, 1.807) is 0 Å². The van der Waals surface area contributed by atoms with Gasteiger partial charge in [0.1, 0.15) is 13.2 Å². The van der Waals surface area contributed by atoms with Crippen molar-refractivity contribution >= 4 is 17.9 Å². The Bertz CT molecular complexity index is 763. The number of allylic oxidation sites excluding steroid dienone is 2. The first-order chi connectivity index (χ1) is 24.0. The van der Waals surface area contributed by atoms with E-state index in [4.69, 9.17) is 14.2 Å². The Hall–Kier alpha value is -1.85. The molecule has 0 bridgehead atoms. The van der Waals surface area contributed by atoms with Gasteiger partial charge in [0.05, 0.1) is 0 Å². The van der Waals surface area contributed by atoms with Crippen LogP contribution in [0.4, 0.5) is 0 Å². The standard InChI is InChI=1S/C43H80O6/c1-4-7-10-13-16-18-19-20-21-22-23-24-25-26-28-30-33-36-42(45)48-39-40(38-47-41(44)35-32-29-15-12-9-6-3)49-43(46)37-34-31-27-17-14-11-8-5-2/h20-21,40H,4-19,22-39H2,1-3H3/b21-20-. The lowest BCUT2D eigenvalue weighted by atomic mass is 10.1. The first-order valence-electron chi connectivity index (χ1n) is 21.2. The second kappa shape index (κ2) is 38.9. The monoisotopic (exact) mass is 693 g/mol. The molecule has 0 radical (unpaired) electrons. The maximum atomic E-state index is 12.6. The van der Waals surface area contributed by atoms with Gasteiger partial charge in [0.2, 0.25) is 0 Å². The summed E-state index contributed by atoms with van der Waals surface area (Å²) in [5, 5.41) is 0. The highest BCUT2D eigenvalue weighted by Crippen LogP contribution is 2.14. The Morgan fingerprint density at radius 1 is 0.388 bits per heavy atom. The van der Waals surface area contributed by atoms with E-state index in [2.05, 4.69) is 32.9 Å². The molecule has 0 heterocycles. The molecular formula is C43H80O6. The van der Waals surface area contributed by atoms with Gasteiger partial charge >= 0.3 is 17.9 Å². The molecule has 0 spiro atoms. The van der Waals surface area contributed by atoms with Crippen LogP contribution in [0, 0.1) is 0 Å². The fraction of sp³-hybridized carbons (Fsp3) is 0.884. The van der Waals surface area contributed by atoms with Crippen LogP contribution in [-0.4, -0.2) is 37.2 Å². The molecule has 0 fully saturated rings. The summed E-state index contributed by atoms with van der Waals surface area (Å²) in [5.74, 6) is -0.885. The summed E-state index contributed by atoms with van der Waals surface area (Å²) in [7, 11) is 0. The van der Waals surface area contributed by atoms with E-state index in [-0.39, 0.29) is 31.1 Å². The first kappa shape index (κ1) is 47.1. The molecule has 0 saturated heterocycles. The summed E-state index contributed by atoms with van der Waals surface area (Å²) in [6.45, 7) is 6.53. The van der Waals surface area contributed by atoms with Crippen LogP contribution in [0.2, 0.25) is 0 Å². The van der Waals surface area contributed by atoms with Gasteiger partial charge in [-0.05, 0) is 44.9 Å². The zero-order valence-corrected chi connectivity index (χ0v) is 32.7. The van der Waals surface area contributed by atoms with Gasteiger partial charge in [-0.25, -0.2) is 0 Å². The molecule has 6 nitrogen and oxygen atoms in total. The van der Waals surface area contributed by atoms with E-state index in [1.165, 1.54) is 128 Å². The normalized spacial score (nSPS) is 12.0. The Morgan fingerprint density at radius 2 is 0.673 bits per heavy atom. The molecule has 0 aromatic carbocycles. The van der Waals surface area contributed by atoms with Crippen molar-refractivity contribution in [3.63, 3.8) is 0 Å². The van der Waals surface area contributed by atoms with E-state index in [0.29, 0.717) is 19.3 Å². The highest BCUT2D eigenvalue weighted by Gasteiger charge is 2.19. The number of unbranched alkanes of at least 4 members (excludes halogenated alkanes) is 25. The number of rotatable bonds is 38. The molecule has 288 valence electrons. The zero-order chi connectivity index (χ0) is 35.9. The van der Waals surface area contributed by atoms with Gasteiger partial charge < -0.3 is 14.2 Å². The minimum Gasteiger partial charge on any atom is -0.462 e. The quantitative estimate of drug-likeness (QED) is 0.0277. The van der Waals surface area contributed by atoms with Crippen LogP contribution in [0.25, 0.3) is 0 Å². The Labute approximate surface area is 303 Å². The molecule has 0 N–H and O–H groups in total. The van der Waals surface area contributed by atoms with Gasteiger partial charge in [-0.1, -0.05) is 174 Å². The summed E-state index contributed by atoms with van der Waals surface area (Å²) >= 11 is 0. The Morgan fingerprint density at radius 3 is 1.02 bits per heavy atom. The number of esters is 3. The average molecular weight is 693 g/mol. The molecule has 49 heavy (non-hydrogen) atoms. The zero-order valence-electron chi connectivity index (χ0n) is 32.7. The van der Waals surface area contributed by atoms with Crippen molar-refractivity contribution in [2.45, 2.75) is 232 Å². The Balaban J connectivity index is 4.18. The maximum Gasteiger partial charge on any atom is 0.306 e. The van der Waals surface area contributed by atoms with E-state index in [0.717, 1.165) is 57.8 Å². The van der Waals surface area contributed by atoms with Crippen molar-refractivity contribution in [2.75, 3.05) is 13.2 Å². The van der Waals surface area contributed by atoms with Crippen molar-refractivity contribution in [3.05, 3.63) is 12.2 Å². The van der Waals surface area contributed by atoms with E-state index >= 15 is 0 Å². The molecule has 0 saturated carbocycles. The first-order valence-corrected chi connectivity index (χ1v) is 21.2. The van der Waals surface area contributed by atoms with E-state index in [9.17, 15) is 14.4 Å². The van der Waals surface area contributed by atoms with Crippen molar-refractivity contribution < 1.29 is 28.6 Å². The minimum absolute atomic E-state index is 0.0694. The number of ether oxygens (including phenoxy) is 3. The third kappa shape index (κ3) is 37.2.